The molecule has 1 aliphatic carbocycles. The zero-order valence-corrected chi connectivity index (χ0v) is 14.0. The van der Waals surface area contributed by atoms with Crippen LogP contribution in [0.15, 0.2) is 0 Å². The van der Waals surface area contributed by atoms with E-state index in [1.807, 2.05) is 7.05 Å². The van der Waals surface area contributed by atoms with E-state index in [0.29, 0.717) is 18.0 Å². The highest BCUT2D eigenvalue weighted by Gasteiger charge is 2.30. The number of carbonyl (C=O) groups excluding carboxylic acids is 1. The van der Waals surface area contributed by atoms with Gasteiger partial charge in [-0.25, -0.2) is 0 Å². The van der Waals surface area contributed by atoms with Crippen LogP contribution in [0.2, 0.25) is 0 Å². The van der Waals surface area contributed by atoms with Crippen LogP contribution in [0.5, 0.6) is 0 Å². The third kappa shape index (κ3) is 4.68. The van der Waals surface area contributed by atoms with Crippen LogP contribution in [0, 0.1) is 5.92 Å². The number of hydrogen-bond donors (Lipinski definition) is 2. The van der Waals surface area contributed by atoms with Crippen LogP contribution >= 0.6 is 0 Å². The van der Waals surface area contributed by atoms with Crippen molar-refractivity contribution in [2.75, 3.05) is 20.1 Å². The van der Waals surface area contributed by atoms with Crippen LogP contribution in [-0.4, -0.2) is 49.1 Å². The predicted octanol–water partition coefficient (Wildman–Crippen LogP) is 2.14. The van der Waals surface area contributed by atoms with E-state index in [1.165, 1.54) is 32.1 Å². The Kier molecular flexibility index (Phi) is 6.49. The minimum absolute atomic E-state index is 0.0128. The molecular formula is C17H33N3O. The van der Waals surface area contributed by atoms with Gasteiger partial charge in [0.15, 0.2) is 0 Å². The molecule has 21 heavy (non-hydrogen) atoms. The average Bonchev–Trinajstić information content (AvgIpc) is 2.54. The molecule has 0 radical (unpaired) electrons. The highest BCUT2D eigenvalue weighted by atomic mass is 16.2. The van der Waals surface area contributed by atoms with Gasteiger partial charge < -0.3 is 10.6 Å². The van der Waals surface area contributed by atoms with Crippen LogP contribution in [0.25, 0.3) is 0 Å². The fourth-order valence-electron chi connectivity index (χ4n) is 3.77. The van der Waals surface area contributed by atoms with Crippen molar-refractivity contribution < 1.29 is 4.79 Å². The van der Waals surface area contributed by atoms with Crippen molar-refractivity contribution in [3.05, 3.63) is 0 Å². The lowest BCUT2D eigenvalue weighted by atomic mass is 9.90. The molecular weight excluding hydrogens is 262 g/mol. The monoisotopic (exact) mass is 295 g/mol. The van der Waals surface area contributed by atoms with Gasteiger partial charge >= 0.3 is 0 Å². The molecule has 1 saturated carbocycles. The molecule has 3 unspecified atom stereocenters. The van der Waals surface area contributed by atoms with Crippen LogP contribution in [-0.2, 0) is 4.79 Å². The summed E-state index contributed by atoms with van der Waals surface area (Å²) in [5, 5.41) is 6.64. The molecule has 2 rings (SSSR count). The summed E-state index contributed by atoms with van der Waals surface area (Å²) in [6.07, 6.45) is 8.68. The summed E-state index contributed by atoms with van der Waals surface area (Å²) < 4.78 is 0. The summed E-state index contributed by atoms with van der Waals surface area (Å²) in [4.78, 5) is 14.9. The van der Waals surface area contributed by atoms with Crippen molar-refractivity contribution in [1.29, 1.82) is 0 Å². The Labute approximate surface area is 130 Å². The fourth-order valence-corrected chi connectivity index (χ4v) is 3.77. The molecule has 1 amide bonds. The van der Waals surface area contributed by atoms with Crippen LogP contribution in [0.1, 0.15) is 58.8 Å². The second kappa shape index (κ2) is 8.14. The second-order valence-electron chi connectivity index (χ2n) is 6.99. The predicted molar refractivity (Wildman–Crippen MR) is 87.3 cm³/mol. The van der Waals surface area contributed by atoms with Gasteiger partial charge in [0.1, 0.15) is 0 Å². The van der Waals surface area contributed by atoms with E-state index in [9.17, 15) is 4.79 Å². The van der Waals surface area contributed by atoms with Crippen molar-refractivity contribution in [3.8, 4) is 0 Å². The molecule has 0 bridgehead atoms. The lowest BCUT2D eigenvalue weighted by molar-refractivity contribution is -0.127. The van der Waals surface area contributed by atoms with Gasteiger partial charge in [0.2, 0.25) is 5.91 Å². The lowest BCUT2D eigenvalue weighted by Gasteiger charge is -2.39. The van der Waals surface area contributed by atoms with Gasteiger partial charge in [-0.05, 0) is 59.0 Å². The van der Waals surface area contributed by atoms with E-state index < -0.39 is 0 Å². The largest absolute Gasteiger partial charge is 0.352 e. The Morgan fingerprint density at radius 1 is 1.10 bits per heavy atom. The SMILES string of the molecule is CNC(C)C1CCCN(C(C)C(=O)NC2CCCCC2)C1. The van der Waals surface area contributed by atoms with Gasteiger partial charge in [-0.3, -0.25) is 9.69 Å². The fraction of sp³-hybridized carbons (Fsp3) is 0.941. The third-order valence-corrected chi connectivity index (χ3v) is 5.53. The molecule has 122 valence electrons. The first-order valence-corrected chi connectivity index (χ1v) is 8.83. The number of amides is 1. The number of piperidine rings is 1. The third-order valence-electron chi connectivity index (χ3n) is 5.53. The minimum Gasteiger partial charge on any atom is -0.352 e. The van der Waals surface area contributed by atoms with Crippen molar-refractivity contribution in [3.63, 3.8) is 0 Å². The summed E-state index contributed by atoms with van der Waals surface area (Å²) in [6.45, 7) is 6.43. The molecule has 1 heterocycles. The molecule has 4 heteroatoms. The summed E-state index contributed by atoms with van der Waals surface area (Å²) >= 11 is 0. The summed E-state index contributed by atoms with van der Waals surface area (Å²) in [5.74, 6) is 0.897. The van der Waals surface area contributed by atoms with E-state index in [1.54, 1.807) is 0 Å². The standard InChI is InChI=1S/C17H33N3O/c1-13(18-3)15-8-7-11-20(12-15)14(2)17(21)19-16-9-5-4-6-10-16/h13-16,18H,4-12H2,1-3H3,(H,19,21). The highest BCUT2D eigenvalue weighted by Crippen LogP contribution is 2.22. The Morgan fingerprint density at radius 3 is 2.48 bits per heavy atom. The number of nitrogens with zero attached hydrogens (tertiary/aromatic N) is 1. The molecule has 1 aliphatic heterocycles. The van der Waals surface area contributed by atoms with Gasteiger partial charge in [0.25, 0.3) is 0 Å². The van der Waals surface area contributed by atoms with Gasteiger partial charge in [-0.1, -0.05) is 19.3 Å². The van der Waals surface area contributed by atoms with Gasteiger partial charge in [0, 0.05) is 18.6 Å². The number of likely N-dealkylation sites (tertiary alicyclic amines) is 1. The van der Waals surface area contributed by atoms with E-state index in [-0.39, 0.29) is 11.9 Å². The van der Waals surface area contributed by atoms with Crippen LogP contribution in [0.4, 0.5) is 0 Å². The van der Waals surface area contributed by atoms with E-state index in [2.05, 4.69) is 29.4 Å². The highest BCUT2D eigenvalue weighted by molar-refractivity contribution is 5.81. The van der Waals surface area contributed by atoms with Crippen molar-refractivity contribution in [2.45, 2.75) is 76.9 Å². The maximum absolute atomic E-state index is 12.5. The molecule has 0 aromatic heterocycles. The first kappa shape index (κ1) is 16.8. The summed E-state index contributed by atoms with van der Waals surface area (Å²) in [5.41, 5.74) is 0. The molecule has 0 aromatic rings. The molecule has 2 N–H and O–H groups in total. The Balaban J connectivity index is 1.83. The maximum Gasteiger partial charge on any atom is 0.237 e. The van der Waals surface area contributed by atoms with Gasteiger partial charge in [0.05, 0.1) is 6.04 Å². The number of carbonyl (C=O) groups is 1. The van der Waals surface area contributed by atoms with Crippen LogP contribution in [0.3, 0.4) is 0 Å². The number of hydrogen-bond acceptors (Lipinski definition) is 3. The van der Waals surface area contributed by atoms with E-state index in [4.69, 9.17) is 0 Å². The maximum atomic E-state index is 12.5. The van der Waals surface area contributed by atoms with E-state index >= 15 is 0 Å². The first-order valence-electron chi connectivity index (χ1n) is 8.83. The van der Waals surface area contributed by atoms with E-state index in [0.717, 1.165) is 25.9 Å². The normalized spacial score (nSPS) is 28.0. The lowest BCUT2D eigenvalue weighted by Crippen LogP contribution is -2.53. The Morgan fingerprint density at radius 2 is 1.81 bits per heavy atom. The molecule has 3 atom stereocenters. The molecule has 0 spiro atoms. The average molecular weight is 295 g/mol. The zero-order valence-electron chi connectivity index (χ0n) is 14.0. The molecule has 0 aromatic carbocycles. The Bertz CT molecular complexity index is 328. The number of nitrogens with one attached hydrogen (secondary N) is 2. The van der Waals surface area contributed by atoms with Crippen molar-refractivity contribution in [1.82, 2.24) is 15.5 Å². The van der Waals surface area contributed by atoms with Gasteiger partial charge in [-0.2, -0.15) is 0 Å². The van der Waals surface area contributed by atoms with Gasteiger partial charge in [-0.15, -0.1) is 0 Å². The Hall–Kier alpha value is -0.610. The molecule has 2 aliphatic rings. The smallest absolute Gasteiger partial charge is 0.237 e. The first-order chi connectivity index (χ1) is 10.1. The van der Waals surface area contributed by atoms with Crippen molar-refractivity contribution in [2.24, 2.45) is 5.92 Å². The summed E-state index contributed by atoms with van der Waals surface area (Å²) in [7, 11) is 2.03. The topological polar surface area (TPSA) is 44.4 Å². The zero-order chi connectivity index (χ0) is 15.2. The summed E-state index contributed by atoms with van der Waals surface area (Å²) in [6, 6.07) is 0.964. The molecule has 2 fully saturated rings. The minimum atomic E-state index is 0.0128. The second-order valence-corrected chi connectivity index (χ2v) is 6.99. The molecule has 1 saturated heterocycles. The quantitative estimate of drug-likeness (QED) is 0.817. The number of rotatable bonds is 5. The van der Waals surface area contributed by atoms with Crippen molar-refractivity contribution >= 4 is 5.91 Å². The molecule has 4 nitrogen and oxygen atoms in total. The van der Waals surface area contributed by atoms with Crippen LogP contribution < -0.4 is 10.6 Å².